The van der Waals surface area contributed by atoms with Gasteiger partial charge in [-0.1, -0.05) is 40.9 Å². The van der Waals surface area contributed by atoms with Gasteiger partial charge < -0.3 is 5.32 Å². The molecule has 0 radical (unpaired) electrons. The zero-order valence-electron chi connectivity index (χ0n) is 9.49. The number of nitrogens with one attached hydrogen (secondary N) is 1. The Morgan fingerprint density at radius 1 is 1.50 bits per heavy atom. The number of amides is 1. The molecule has 0 atom stereocenters. The molecule has 0 aromatic carbocycles. The number of halogens is 1. The molecule has 1 amide bonds. The predicted molar refractivity (Wildman–Crippen MR) is 74.5 cm³/mol. The number of carbonyl (C=O) groups is 1. The van der Waals surface area contributed by atoms with Crippen LogP contribution in [0.15, 0.2) is 0 Å². The molecule has 1 N–H and O–H groups in total. The summed E-state index contributed by atoms with van der Waals surface area (Å²) in [6.45, 7) is 4.77. The molecule has 0 bridgehead atoms. The van der Waals surface area contributed by atoms with Gasteiger partial charge >= 0.3 is 0 Å². The molecule has 0 aliphatic rings. The molecule has 0 aliphatic carbocycles. The van der Waals surface area contributed by atoms with Gasteiger partial charge in [-0.15, -0.1) is 5.10 Å². The van der Waals surface area contributed by atoms with Gasteiger partial charge in [-0.2, -0.15) is 0 Å². The van der Waals surface area contributed by atoms with Crippen LogP contribution in [0.4, 0.5) is 0 Å². The number of alkyl halides is 1. The standard InChI is InChI=1S/C10H16IN3OS/c1-7(2)8-9(16-14-13-8)10(15)12-6-4-3-5-11/h7H,3-6H2,1-2H3,(H,12,15). The Balaban J connectivity index is 2.49. The first kappa shape index (κ1) is 13.8. The van der Waals surface area contributed by atoms with E-state index in [1.54, 1.807) is 0 Å². The Morgan fingerprint density at radius 3 is 2.88 bits per heavy atom. The smallest absolute Gasteiger partial charge is 0.264 e. The fraction of sp³-hybridized carbons (Fsp3) is 0.700. The molecule has 0 fully saturated rings. The monoisotopic (exact) mass is 353 g/mol. The summed E-state index contributed by atoms with van der Waals surface area (Å²) in [5.74, 6) is 0.209. The van der Waals surface area contributed by atoms with Crippen molar-refractivity contribution in [3.63, 3.8) is 0 Å². The van der Waals surface area contributed by atoms with Gasteiger partial charge in [0.25, 0.3) is 5.91 Å². The van der Waals surface area contributed by atoms with Crippen molar-refractivity contribution in [2.24, 2.45) is 0 Å². The van der Waals surface area contributed by atoms with Crippen LogP contribution >= 0.6 is 34.1 Å². The average Bonchev–Trinajstić information content (AvgIpc) is 2.73. The lowest BCUT2D eigenvalue weighted by molar-refractivity contribution is 0.0956. The average molecular weight is 353 g/mol. The van der Waals surface area contributed by atoms with Gasteiger partial charge in [-0.3, -0.25) is 4.79 Å². The van der Waals surface area contributed by atoms with Crippen LogP contribution in [0.1, 0.15) is 48.0 Å². The molecule has 0 spiro atoms. The molecule has 6 heteroatoms. The summed E-state index contributed by atoms with van der Waals surface area (Å²) in [4.78, 5) is 12.5. The Morgan fingerprint density at radius 2 is 2.25 bits per heavy atom. The van der Waals surface area contributed by atoms with Gasteiger partial charge in [-0.25, -0.2) is 0 Å². The quantitative estimate of drug-likeness (QED) is 0.486. The SMILES string of the molecule is CC(C)c1nnsc1C(=O)NCCCCI. The molecule has 0 aliphatic heterocycles. The molecule has 1 aromatic heterocycles. The second-order valence-electron chi connectivity index (χ2n) is 3.79. The highest BCUT2D eigenvalue weighted by Gasteiger charge is 2.17. The highest BCUT2D eigenvalue weighted by Crippen LogP contribution is 2.19. The first-order valence-corrected chi connectivity index (χ1v) is 7.63. The molecule has 0 saturated heterocycles. The number of aromatic nitrogens is 2. The van der Waals surface area contributed by atoms with E-state index >= 15 is 0 Å². The summed E-state index contributed by atoms with van der Waals surface area (Å²) in [5.41, 5.74) is 0.802. The first-order chi connectivity index (χ1) is 7.66. The second kappa shape index (κ2) is 7.16. The fourth-order valence-corrected chi connectivity index (χ4v) is 2.51. The lowest BCUT2D eigenvalue weighted by Crippen LogP contribution is -2.24. The molecule has 0 unspecified atom stereocenters. The number of hydrogen-bond acceptors (Lipinski definition) is 4. The van der Waals surface area contributed by atoms with Crippen molar-refractivity contribution < 1.29 is 4.79 Å². The van der Waals surface area contributed by atoms with Crippen LogP contribution in [-0.4, -0.2) is 26.5 Å². The maximum atomic E-state index is 11.8. The van der Waals surface area contributed by atoms with Crippen LogP contribution in [-0.2, 0) is 0 Å². The Hall–Kier alpha value is -0.240. The van der Waals surface area contributed by atoms with E-state index in [-0.39, 0.29) is 11.8 Å². The minimum atomic E-state index is -0.0350. The summed E-state index contributed by atoms with van der Waals surface area (Å²) >= 11 is 3.51. The normalized spacial score (nSPS) is 10.8. The maximum absolute atomic E-state index is 11.8. The lowest BCUT2D eigenvalue weighted by atomic mass is 10.1. The zero-order chi connectivity index (χ0) is 12.0. The number of unbranched alkanes of at least 4 members (excludes halogenated alkanes) is 1. The molecular formula is C10H16IN3OS. The van der Waals surface area contributed by atoms with E-state index < -0.39 is 0 Å². The molecule has 16 heavy (non-hydrogen) atoms. The highest BCUT2D eigenvalue weighted by molar-refractivity contribution is 14.1. The topological polar surface area (TPSA) is 54.9 Å². The Labute approximate surface area is 114 Å². The number of carbonyl (C=O) groups excluding carboxylic acids is 1. The van der Waals surface area contributed by atoms with Gasteiger partial charge in [0.2, 0.25) is 0 Å². The van der Waals surface area contributed by atoms with Crippen molar-refractivity contribution in [2.45, 2.75) is 32.6 Å². The number of hydrogen-bond donors (Lipinski definition) is 1. The van der Waals surface area contributed by atoms with E-state index in [4.69, 9.17) is 0 Å². The third-order valence-corrected chi connectivity index (χ3v) is 3.62. The molecule has 90 valence electrons. The van der Waals surface area contributed by atoms with Gasteiger partial charge in [0.1, 0.15) is 4.88 Å². The summed E-state index contributed by atoms with van der Waals surface area (Å²) in [5, 5.41) is 6.89. The Bertz CT molecular complexity index is 341. The largest absolute Gasteiger partial charge is 0.351 e. The summed E-state index contributed by atoms with van der Waals surface area (Å²) in [6.07, 6.45) is 2.16. The van der Waals surface area contributed by atoms with E-state index in [0.29, 0.717) is 4.88 Å². The third kappa shape index (κ3) is 3.97. The number of rotatable bonds is 6. The van der Waals surface area contributed by atoms with E-state index in [2.05, 4.69) is 37.5 Å². The van der Waals surface area contributed by atoms with Crippen LogP contribution in [0.25, 0.3) is 0 Å². The number of nitrogens with zero attached hydrogens (tertiary/aromatic N) is 2. The lowest BCUT2D eigenvalue weighted by Gasteiger charge is -2.05. The summed E-state index contributed by atoms with van der Waals surface area (Å²) in [7, 11) is 0. The van der Waals surface area contributed by atoms with Crippen LogP contribution in [0.3, 0.4) is 0 Å². The maximum Gasteiger partial charge on any atom is 0.264 e. The van der Waals surface area contributed by atoms with Gasteiger partial charge in [-0.05, 0) is 34.7 Å². The van der Waals surface area contributed by atoms with Crippen molar-refractivity contribution in [3.05, 3.63) is 10.6 Å². The van der Waals surface area contributed by atoms with Crippen molar-refractivity contribution in [2.75, 3.05) is 11.0 Å². The minimum absolute atomic E-state index is 0.0350. The van der Waals surface area contributed by atoms with E-state index in [1.807, 2.05) is 13.8 Å². The van der Waals surface area contributed by atoms with Crippen molar-refractivity contribution in [1.82, 2.24) is 14.9 Å². The molecule has 4 nitrogen and oxygen atoms in total. The van der Waals surface area contributed by atoms with Crippen LogP contribution in [0.5, 0.6) is 0 Å². The van der Waals surface area contributed by atoms with Crippen LogP contribution in [0.2, 0.25) is 0 Å². The van der Waals surface area contributed by atoms with Gasteiger partial charge in [0, 0.05) is 6.54 Å². The van der Waals surface area contributed by atoms with Crippen molar-refractivity contribution >= 4 is 40.0 Å². The fourth-order valence-electron chi connectivity index (χ4n) is 1.23. The van der Waals surface area contributed by atoms with Gasteiger partial charge in [0.05, 0.1) is 5.69 Å². The predicted octanol–water partition coefficient (Wildman–Crippen LogP) is 2.61. The minimum Gasteiger partial charge on any atom is -0.351 e. The van der Waals surface area contributed by atoms with Crippen LogP contribution in [0, 0.1) is 0 Å². The van der Waals surface area contributed by atoms with Crippen molar-refractivity contribution in [3.8, 4) is 0 Å². The zero-order valence-corrected chi connectivity index (χ0v) is 12.5. The van der Waals surface area contributed by atoms with Crippen LogP contribution < -0.4 is 5.32 Å². The van der Waals surface area contributed by atoms with E-state index in [1.165, 1.54) is 11.5 Å². The van der Waals surface area contributed by atoms with E-state index in [0.717, 1.165) is 29.5 Å². The highest BCUT2D eigenvalue weighted by atomic mass is 127. The second-order valence-corrected chi connectivity index (χ2v) is 5.63. The molecule has 1 heterocycles. The Kier molecular flexibility index (Phi) is 6.18. The summed E-state index contributed by atoms with van der Waals surface area (Å²) in [6, 6.07) is 0. The van der Waals surface area contributed by atoms with Crippen molar-refractivity contribution in [1.29, 1.82) is 0 Å². The molecule has 1 aromatic rings. The third-order valence-electron chi connectivity index (χ3n) is 2.11. The summed E-state index contributed by atoms with van der Waals surface area (Å²) < 4.78 is 4.97. The molecular weight excluding hydrogens is 337 g/mol. The van der Waals surface area contributed by atoms with Gasteiger partial charge in [0.15, 0.2) is 0 Å². The molecule has 0 saturated carbocycles. The van der Waals surface area contributed by atoms with E-state index in [9.17, 15) is 4.79 Å². The molecule has 1 rings (SSSR count). The first-order valence-electron chi connectivity index (χ1n) is 5.33.